The maximum absolute atomic E-state index is 3.72. The highest BCUT2D eigenvalue weighted by Crippen LogP contribution is 2.39. The minimum Gasteiger partial charge on any atom is -0.376 e. The fraction of sp³-hybridized carbons (Fsp3) is 0.143. The Morgan fingerprint density at radius 2 is 1.00 bits per heavy atom. The lowest BCUT2D eigenvalue weighted by Crippen LogP contribution is -2.15. The van der Waals surface area contributed by atoms with E-state index >= 15 is 0 Å². The molecule has 0 saturated carbocycles. The summed E-state index contributed by atoms with van der Waals surface area (Å²) in [6.07, 6.45) is 0.970. The van der Waals surface area contributed by atoms with E-state index in [2.05, 4.69) is 115 Å². The Balaban J connectivity index is 1.72. The summed E-state index contributed by atoms with van der Waals surface area (Å²) in [6.45, 7) is 0. The first-order valence-corrected chi connectivity index (χ1v) is 9.91. The Kier molecular flexibility index (Phi) is 4.82. The SMILES string of the molecule is Brc1ccc(C2CC(c3ccc(Br)cc3)Nc3ccccc3N2)cc1. The lowest BCUT2D eigenvalue weighted by Gasteiger charge is -2.22. The fourth-order valence-electron chi connectivity index (χ4n) is 3.29. The van der Waals surface area contributed by atoms with Crippen molar-refractivity contribution in [1.82, 2.24) is 0 Å². The zero-order chi connectivity index (χ0) is 17.2. The fourth-order valence-corrected chi connectivity index (χ4v) is 3.82. The second-order valence-corrected chi connectivity index (χ2v) is 8.11. The number of nitrogens with one attached hydrogen (secondary N) is 2. The first kappa shape index (κ1) is 16.7. The van der Waals surface area contributed by atoms with Crippen LogP contribution in [0.25, 0.3) is 0 Å². The Morgan fingerprint density at radius 1 is 0.600 bits per heavy atom. The second-order valence-electron chi connectivity index (χ2n) is 6.28. The predicted molar refractivity (Wildman–Crippen MR) is 112 cm³/mol. The normalized spacial score (nSPS) is 19.3. The number of para-hydroxylation sites is 2. The molecule has 2 unspecified atom stereocenters. The van der Waals surface area contributed by atoms with Gasteiger partial charge < -0.3 is 10.6 Å². The van der Waals surface area contributed by atoms with Gasteiger partial charge >= 0.3 is 0 Å². The summed E-state index contributed by atoms with van der Waals surface area (Å²) in [6, 6.07) is 26.1. The Bertz CT molecular complexity index is 787. The van der Waals surface area contributed by atoms with E-state index in [1.807, 2.05) is 0 Å². The van der Waals surface area contributed by atoms with Crippen molar-refractivity contribution >= 4 is 43.2 Å². The lowest BCUT2D eigenvalue weighted by molar-refractivity contribution is 0.623. The average Bonchev–Trinajstić information content (AvgIpc) is 2.82. The monoisotopic (exact) mass is 456 g/mol. The summed E-state index contributed by atoms with van der Waals surface area (Å²) in [5.41, 5.74) is 4.89. The predicted octanol–water partition coefficient (Wildman–Crippen LogP) is 6.92. The quantitative estimate of drug-likeness (QED) is 0.436. The average molecular weight is 458 g/mol. The molecule has 0 fully saturated rings. The number of rotatable bonds is 2. The summed E-state index contributed by atoms with van der Waals surface area (Å²) in [4.78, 5) is 0. The van der Waals surface area contributed by atoms with Crippen LogP contribution in [-0.2, 0) is 0 Å². The molecule has 0 radical (unpaired) electrons. The maximum Gasteiger partial charge on any atom is 0.0580 e. The van der Waals surface area contributed by atoms with Crippen molar-refractivity contribution in [3.05, 3.63) is 92.9 Å². The Labute approximate surface area is 164 Å². The van der Waals surface area contributed by atoms with Gasteiger partial charge in [-0.05, 0) is 53.9 Å². The molecule has 3 aromatic rings. The molecule has 4 rings (SSSR count). The molecule has 2 nitrogen and oxygen atoms in total. The molecule has 0 amide bonds. The summed E-state index contributed by atoms with van der Waals surface area (Å²) in [7, 11) is 0. The number of benzene rings is 3. The van der Waals surface area contributed by atoms with Crippen LogP contribution in [0.15, 0.2) is 81.7 Å². The summed E-state index contributed by atoms with van der Waals surface area (Å²) in [5.74, 6) is 0. The lowest BCUT2D eigenvalue weighted by atomic mass is 9.95. The van der Waals surface area contributed by atoms with Crippen LogP contribution >= 0.6 is 31.9 Å². The van der Waals surface area contributed by atoms with Crippen LogP contribution in [0.3, 0.4) is 0 Å². The van der Waals surface area contributed by atoms with E-state index in [-0.39, 0.29) is 12.1 Å². The Hall–Kier alpha value is -1.78. The zero-order valence-corrected chi connectivity index (χ0v) is 16.7. The van der Waals surface area contributed by atoms with Gasteiger partial charge in [0.15, 0.2) is 0 Å². The number of fused-ring (bicyclic) bond motifs is 1. The van der Waals surface area contributed by atoms with Crippen LogP contribution in [-0.4, -0.2) is 0 Å². The molecule has 0 bridgehead atoms. The van der Waals surface area contributed by atoms with Gasteiger partial charge in [0.05, 0.1) is 23.5 Å². The smallest absolute Gasteiger partial charge is 0.0580 e. The number of anilines is 2. The highest BCUT2D eigenvalue weighted by atomic mass is 79.9. The van der Waals surface area contributed by atoms with Crippen molar-refractivity contribution in [3.63, 3.8) is 0 Å². The Morgan fingerprint density at radius 3 is 1.40 bits per heavy atom. The molecule has 0 saturated heterocycles. The third kappa shape index (κ3) is 3.75. The molecule has 1 aliphatic rings. The van der Waals surface area contributed by atoms with E-state index in [1.54, 1.807) is 0 Å². The van der Waals surface area contributed by atoms with Gasteiger partial charge in [0.1, 0.15) is 0 Å². The van der Waals surface area contributed by atoms with Crippen LogP contribution in [0, 0.1) is 0 Å². The van der Waals surface area contributed by atoms with Crippen LogP contribution in [0.4, 0.5) is 11.4 Å². The van der Waals surface area contributed by atoms with Gasteiger partial charge in [-0.3, -0.25) is 0 Å². The van der Waals surface area contributed by atoms with E-state index in [0.717, 1.165) is 26.7 Å². The van der Waals surface area contributed by atoms with Gasteiger partial charge in [-0.2, -0.15) is 0 Å². The van der Waals surface area contributed by atoms with Gasteiger partial charge in [0, 0.05) is 8.95 Å². The van der Waals surface area contributed by atoms with Crippen molar-refractivity contribution in [2.45, 2.75) is 18.5 Å². The molecule has 0 spiro atoms. The largest absolute Gasteiger partial charge is 0.376 e. The third-order valence-electron chi connectivity index (χ3n) is 4.60. The van der Waals surface area contributed by atoms with E-state index in [1.165, 1.54) is 11.1 Å². The molecule has 0 aromatic heterocycles. The molecule has 25 heavy (non-hydrogen) atoms. The van der Waals surface area contributed by atoms with Crippen molar-refractivity contribution in [2.75, 3.05) is 10.6 Å². The van der Waals surface area contributed by atoms with Crippen molar-refractivity contribution in [2.24, 2.45) is 0 Å². The van der Waals surface area contributed by atoms with Crippen LogP contribution < -0.4 is 10.6 Å². The zero-order valence-electron chi connectivity index (χ0n) is 13.5. The second kappa shape index (κ2) is 7.22. The topological polar surface area (TPSA) is 24.1 Å². The minimum absolute atomic E-state index is 0.248. The first-order chi connectivity index (χ1) is 12.2. The summed E-state index contributed by atoms with van der Waals surface area (Å²) >= 11 is 7.06. The standard InChI is InChI=1S/C21H18Br2N2/c22-16-9-5-14(6-10-16)20-13-21(15-7-11-17(23)12-8-15)25-19-4-2-1-3-18(19)24-20/h1-12,20-21,24-25H,13H2. The molecule has 1 heterocycles. The van der Waals surface area contributed by atoms with Crippen LogP contribution in [0.1, 0.15) is 29.6 Å². The minimum atomic E-state index is 0.248. The summed E-state index contributed by atoms with van der Waals surface area (Å²) in [5, 5.41) is 7.44. The maximum atomic E-state index is 3.72. The number of hydrogen-bond donors (Lipinski definition) is 2. The van der Waals surface area contributed by atoms with Gasteiger partial charge in [-0.1, -0.05) is 68.3 Å². The number of hydrogen-bond acceptors (Lipinski definition) is 2. The number of halogens is 2. The van der Waals surface area contributed by atoms with Gasteiger partial charge in [0.25, 0.3) is 0 Å². The highest BCUT2D eigenvalue weighted by molar-refractivity contribution is 9.10. The van der Waals surface area contributed by atoms with Crippen molar-refractivity contribution < 1.29 is 0 Å². The molecule has 4 heteroatoms. The van der Waals surface area contributed by atoms with Crippen LogP contribution in [0.2, 0.25) is 0 Å². The molecule has 2 atom stereocenters. The molecule has 2 N–H and O–H groups in total. The molecule has 0 aliphatic carbocycles. The first-order valence-electron chi connectivity index (χ1n) is 8.32. The molecule has 126 valence electrons. The molecule has 3 aromatic carbocycles. The summed E-state index contributed by atoms with van der Waals surface area (Å²) < 4.78 is 2.21. The van der Waals surface area contributed by atoms with Crippen molar-refractivity contribution in [1.29, 1.82) is 0 Å². The molecule has 1 aliphatic heterocycles. The highest BCUT2D eigenvalue weighted by Gasteiger charge is 2.24. The van der Waals surface area contributed by atoms with Gasteiger partial charge in [0.2, 0.25) is 0 Å². The van der Waals surface area contributed by atoms with E-state index in [0.29, 0.717) is 0 Å². The van der Waals surface area contributed by atoms with Gasteiger partial charge in [-0.15, -0.1) is 0 Å². The van der Waals surface area contributed by atoms with E-state index in [4.69, 9.17) is 0 Å². The van der Waals surface area contributed by atoms with E-state index in [9.17, 15) is 0 Å². The molecular formula is C21H18Br2N2. The van der Waals surface area contributed by atoms with Crippen molar-refractivity contribution in [3.8, 4) is 0 Å². The van der Waals surface area contributed by atoms with Crippen LogP contribution in [0.5, 0.6) is 0 Å². The third-order valence-corrected chi connectivity index (χ3v) is 5.66. The van der Waals surface area contributed by atoms with Gasteiger partial charge in [-0.25, -0.2) is 0 Å². The molecular weight excluding hydrogens is 440 g/mol. The van der Waals surface area contributed by atoms with E-state index < -0.39 is 0 Å².